The maximum atomic E-state index is 3.85. The van der Waals surface area contributed by atoms with Crippen molar-refractivity contribution < 1.29 is 0 Å². The first kappa shape index (κ1) is 14.6. The molecule has 1 heteroatoms. The van der Waals surface area contributed by atoms with Gasteiger partial charge in [-0.05, 0) is 49.5 Å². The van der Waals surface area contributed by atoms with Crippen LogP contribution in [0.4, 0.5) is 0 Å². The van der Waals surface area contributed by atoms with E-state index in [-0.39, 0.29) is 0 Å². The second kappa shape index (κ2) is 6.09. The van der Waals surface area contributed by atoms with Gasteiger partial charge in [0.05, 0.1) is 0 Å². The Morgan fingerprint density at radius 2 is 1.95 bits per heavy atom. The van der Waals surface area contributed by atoms with Gasteiger partial charge in [0, 0.05) is 12.1 Å². The monoisotopic (exact) mass is 259 g/mol. The molecule has 0 aliphatic heterocycles. The fourth-order valence-electron chi connectivity index (χ4n) is 3.59. The van der Waals surface area contributed by atoms with Gasteiger partial charge in [0.2, 0.25) is 0 Å². The summed E-state index contributed by atoms with van der Waals surface area (Å²) in [7, 11) is 0. The van der Waals surface area contributed by atoms with Gasteiger partial charge in [-0.2, -0.15) is 0 Å². The molecule has 0 aromatic heterocycles. The van der Waals surface area contributed by atoms with E-state index in [1.54, 1.807) is 0 Å². The van der Waals surface area contributed by atoms with Crippen LogP contribution < -0.4 is 5.32 Å². The molecule has 3 unspecified atom stereocenters. The summed E-state index contributed by atoms with van der Waals surface area (Å²) in [6.45, 7) is 9.55. The van der Waals surface area contributed by atoms with E-state index in [2.05, 4.69) is 63.3 Å². The minimum atomic E-state index is 0.542. The highest BCUT2D eigenvalue weighted by molar-refractivity contribution is 5.15. The van der Waals surface area contributed by atoms with Crippen molar-refractivity contribution in [3.63, 3.8) is 0 Å². The topological polar surface area (TPSA) is 12.0 Å². The van der Waals surface area contributed by atoms with E-state index in [0.29, 0.717) is 17.5 Å². The van der Waals surface area contributed by atoms with E-state index in [4.69, 9.17) is 0 Å². The van der Waals surface area contributed by atoms with Crippen LogP contribution in [0, 0.1) is 11.3 Å². The van der Waals surface area contributed by atoms with Crippen LogP contribution in [0.15, 0.2) is 30.3 Å². The van der Waals surface area contributed by atoms with Gasteiger partial charge in [-0.3, -0.25) is 0 Å². The van der Waals surface area contributed by atoms with Gasteiger partial charge in [0.1, 0.15) is 0 Å². The lowest BCUT2D eigenvalue weighted by molar-refractivity contribution is 0.142. The van der Waals surface area contributed by atoms with Crippen LogP contribution in [0.25, 0.3) is 0 Å². The summed E-state index contributed by atoms with van der Waals surface area (Å²) in [5, 5.41) is 3.85. The summed E-state index contributed by atoms with van der Waals surface area (Å²) in [6.07, 6.45) is 5.16. The Morgan fingerprint density at radius 3 is 2.58 bits per heavy atom. The number of hydrogen-bond donors (Lipinski definition) is 1. The molecule has 1 nitrogen and oxygen atoms in total. The van der Waals surface area contributed by atoms with Crippen molar-refractivity contribution in [1.29, 1.82) is 0 Å². The van der Waals surface area contributed by atoms with Crippen LogP contribution in [0.1, 0.15) is 52.5 Å². The van der Waals surface area contributed by atoms with E-state index < -0.39 is 0 Å². The average molecular weight is 259 g/mol. The van der Waals surface area contributed by atoms with E-state index in [1.807, 2.05) is 0 Å². The molecule has 19 heavy (non-hydrogen) atoms. The fourth-order valence-corrected chi connectivity index (χ4v) is 3.59. The summed E-state index contributed by atoms with van der Waals surface area (Å²) in [5.74, 6) is 0.793. The lowest BCUT2D eigenvalue weighted by Crippen LogP contribution is -2.46. The first-order valence-electron chi connectivity index (χ1n) is 7.76. The molecular weight excluding hydrogens is 230 g/mol. The minimum absolute atomic E-state index is 0.542. The number of nitrogens with one attached hydrogen (secondary N) is 1. The molecular formula is C18H29N. The quantitative estimate of drug-likeness (QED) is 0.844. The first-order chi connectivity index (χ1) is 8.96. The van der Waals surface area contributed by atoms with Gasteiger partial charge in [0.15, 0.2) is 0 Å². The zero-order chi connectivity index (χ0) is 13.9. The first-order valence-corrected chi connectivity index (χ1v) is 7.76. The van der Waals surface area contributed by atoms with Crippen molar-refractivity contribution in [2.45, 2.75) is 65.5 Å². The predicted octanol–water partition coefficient (Wildman–Crippen LogP) is 4.42. The molecule has 1 saturated carbocycles. The van der Waals surface area contributed by atoms with E-state index in [0.717, 1.165) is 12.3 Å². The zero-order valence-electron chi connectivity index (χ0n) is 12.9. The normalized spacial score (nSPS) is 28.0. The molecule has 0 heterocycles. The third kappa shape index (κ3) is 4.35. The molecule has 2 rings (SSSR count). The Balaban J connectivity index is 1.84. The molecule has 1 aliphatic carbocycles. The molecule has 1 aromatic rings. The van der Waals surface area contributed by atoms with Crippen LogP contribution in [0.3, 0.4) is 0 Å². The smallest absolute Gasteiger partial charge is 0.00956 e. The van der Waals surface area contributed by atoms with E-state index >= 15 is 0 Å². The van der Waals surface area contributed by atoms with E-state index in [1.165, 1.54) is 24.8 Å². The SMILES string of the molecule is CC(Cc1ccccc1)NC1CCC(C)(C)CC1C. The van der Waals surface area contributed by atoms with Gasteiger partial charge in [-0.25, -0.2) is 0 Å². The Bertz CT molecular complexity index is 382. The second-order valence-electron chi connectivity index (χ2n) is 7.25. The molecule has 1 aliphatic rings. The third-order valence-electron chi connectivity index (χ3n) is 4.58. The van der Waals surface area contributed by atoms with Crippen molar-refractivity contribution in [3.05, 3.63) is 35.9 Å². The standard InChI is InChI=1S/C18H29N/c1-14-13-18(3,4)11-10-17(14)19-15(2)12-16-8-6-5-7-9-16/h5-9,14-15,17,19H,10-13H2,1-4H3. The predicted molar refractivity (Wildman–Crippen MR) is 83.3 cm³/mol. The lowest BCUT2D eigenvalue weighted by Gasteiger charge is -2.40. The third-order valence-corrected chi connectivity index (χ3v) is 4.58. The molecule has 0 saturated heterocycles. The largest absolute Gasteiger partial charge is 0.311 e. The summed E-state index contributed by atoms with van der Waals surface area (Å²) in [6, 6.07) is 12.1. The van der Waals surface area contributed by atoms with Crippen LogP contribution in [0.2, 0.25) is 0 Å². The Kier molecular flexibility index (Phi) is 4.67. The zero-order valence-corrected chi connectivity index (χ0v) is 12.9. The highest BCUT2D eigenvalue weighted by atomic mass is 15.0. The van der Waals surface area contributed by atoms with E-state index in [9.17, 15) is 0 Å². The summed E-state index contributed by atoms with van der Waals surface area (Å²) < 4.78 is 0. The summed E-state index contributed by atoms with van der Waals surface area (Å²) in [5.41, 5.74) is 1.98. The Hall–Kier alpha value is -0.820. The Morgan fingerprint density at radius 1 is 1.26 bits per heavy atom. The van der Waals surface area contributed by atoms with Crippen molar-refractivity contribution in [2.24, 2.45) is 11.3 Å². The van der Waals surface area contributed by atoms with Crippen molar-refractivity contribution in [2.75, 3.05) is 0 Å². The summed E-state index contributed by atoms with van der Waals surface area (Å²) >= 11 is 0. The average Bonchev–Trinajstić information content (AvgIpc) is 2.33. The van der Waals surface area contributed by atoms with Gasteiger partial charge in [-0.1, -0.05) is 51.1 Å². The maximum Gasteiger partial charge on any atom is 0.00956 e. The lowest BCUT2D eigenvalue weighted by atomic mass is 9.70. The maximum absolute atomic E-state index is 3.85. The number of hydrogen-bond acceptors (Lipinski definition) is 1. The second-order valence-corrected chi connectivity index (χ2v) is 7.25. The van der Waals surface area contributed by atoms with Gasteiger partial charge in [-0.15, -0.1) is 0 Å². The minimum Gasteiger partial charge on any atom is -0.311 e. The fraction of sp³-hybridized carbons (Fsp3) is 0.667. The van der Waals surface area contributed by atoms with Crippen molar-refractivity contribution >= 4 is 0 Å². The highest BCUT2D eigenvalue weighted by Gasteiger charge is 2.32. The van der Waals surface area contributed by atoms with Crippen molar-refractivity contribution in [3.8, 4) is 0 Å². The highest BCUT2D eigenvalue weighted by Crippen LogP contribution is 2.38. The number of benzene rings is 1. The van der Waals surface area contributed by atoms with Crippen LogP contribution in [-0.4, -0.2) is 12.1 Å². The van der Waals surface area contributed by atoms with Gasteiger partial charge < -0.3 is 5.32 Å². The molecule has 3 atom stereocenters. The molecule has 0 bridgehead atoms. The van der Waals surface area contributed by atoms with Gasteiger partial charge in [0.25, 0.3) is 0 Å². The molecule has 0 radical (unpaired) electrons. The van der Waals surface area contributed by atoms with Crippen LogP contribution in [-0.2, 0) is 6.42 Å². The molecule has 0 amide bonds. The molecule has 1 aromatic carbocycles. The molecule has 1 N–H and O–H groups in total. The number of rotatable bonds is 4. The molecule has 1 fully saturated rings. The van der Waals surface area contributed by atoms with Crippen LogP contribution in [0.5, 0.6) is 0 Å². The Labute approximate surface area is 118 Å². The van der Waals surface area contributed by atoms with Crippen LogP contribution >= 0.6 is 0 Å². The van der Waals surface area contributed by atoms with Gasteiger partial charge >= 0.3 is 0 Å². The van der Waals surface area contributed by atoms with Crippen molar-refractivity contribution in [1.82, 2.24) is 5.32 Å². The molecule has 0 spiro atoms. The summed E-state index contributed by atoms with van der Waals surface area (Å²) in [4.78, 5) is 0. The molecule has 106 valence electrons.